The number of nitrogens with zero attached hydrogens (tertiary/aromatic N) is 1. The van der Waals surface area contributed by atoms with Gasteiger partial charge < -0.3 is 14.4 Å². The predicted octanol–water partition coefficient (Wildman–Crippen LogP) is 4.39. The van der Waals surface area contributed by atoms with Crippen LogP contribution < -0.4 is 9.64 Å². The lowest BCUT2D eigenvalue weighted by molar-refractivity contribution is 0.0679. The van der Waals surface area contributed by atoms with E-state index in [2.05, 4.69) is 6.07 Å². The molecule has 2 aromatic carbocycles. The van der Waals surface area contributed by atoms with Crippen LogP contribution in [-0.4, -0.2) is 37.5 Å². The van der Waals surface area contributed by atoms with Crippen LogP contribution in [0.2, 0.25) is 0 Å². The summed E-state index contributed by atoms with van der Waals surface area (Å²) in [5, 5.41) is 0. The molecule has 0 unspecified atom stereocenters. The van der Waals surface area contributed by atoms with Crippen LogP contribution in [0.4, 0.5) is 5.69 Å². The molecule has 1 atom stereocenters. The van der Waals surface area contributed by atoms with Crippen LogP contribution in [0.25, 0.3) is 0 Å². The van der Waals surface area contributed by atoms with Gasteiger partial charge in [0.2, 0.25) is 0 Å². The van der Waals surface area contributed by atoms with Crippen molar-refractivity contribution >= 4 is 23.4 Å². The number of hydrogen-bond donors (Lipinski definition) is 0. The van der Waals surface area contributed by atoms with Crippen molar-refractivity contribution in [3.8, 4) is 5.75 Å². The normalized spacial score (nSPS) is 19.7. The second-order valence-corrected chi connectivity index (χ2v) is 7.73. The summed E-state index contributed by atoms with van der Waals surface area (Å²) in [6, 6.07) is 15.6. The first kappa shape index (κ1) is 17.4. The molecule has 136 valence electrons. The number of rotatable bonds is 4. The molecule has 1 saturated heterocycles. The third kappa shape index (κ3) is 3.89. The Bertz CT molecular complexity index is 756. The van der Waals surface area contributed by atoms with Gasteiger partial charge in [0.25, 0.3) is 5.91 Å². The molecule has 0 aliphatic carbocycles. The van der Waals surface area contributed by atoms with Gasteiger partial charge >= 0.3 is 0 Å². The van der Waals surface area contributed by atoms with E-state index in [9.17, 15) is 4.79 Å². The van der Waals surface area contributed by atoms with E-state index < -0.39 is 0 Å². The standard InChI is InChI=1S/C21H23NO3S/c23-21(22-12-4-14-26-20-7-2-1-6-19(20)22)16-8-10-17(11-9-16)25-15-18-5-3-13-24-18/h1-2,6-11,18H,3-5,12-15H2/t18-/m1/s1. The van der Waals surface area contributed by atoms with Gasteiger partial charge in [0, 0.05) is 23.6 Å². The van der Waals surface area contributed by atoms with Gasteiger partial charge in [0.05, 0.1) is 11.8 Å². The number of hydrogen-bond acceptors (Lipinski definition) is 4. The first-order valence-corrected chi connectivity index (χ1v) is 10.2. The molecule has 0 bridgehead atoms. The van der Waals surface area contributed by atoms with E-state index in [-0.39, 0.29) is 12.0 Å². The summed E-state index contributed by atoms with van der Waals surface area (Å²) in [7, 11) is 0. The molecule has 2 aromatic rings. The second kappa shape index (κ2) is 8.14. The fourth-order valence-corrected chi connectivity index (χ4v) is 4.35. The number of para-hydroxylation sites is 1. The monoisotopic (exact) mass is 369 g/mol. The number of ether oxygens (including phenoxy) is 2. The van der Waals surface area contributed by atoms with E-state index >= 15 is 0 Å². The molecule has 0 spiro atoms. The van der Waals surface area contributed by atoms with Gasteiger partial charge in [-0.05, 0) is 61.4 Å². The van der Waals surface area contributed by atoms with Gasteiger partial charge in [-0.3, -0.25) is 4.79 Å². The Morgan fingerprint density at radius 1 is 1.15 bits per heavy atom. The fraction of sp³-hybridized carbons (Fsp3) is 0.381. The minimum Gasteiger partial charge on any atom is -0.491 e. The van der Waals surface area contributed by atoms with Gasteiger partial charge in [-0.15, -0.1) is 11.8 Å². The molecule has 0 saturated carbocycles. The van der Waals surface area contributed by atoms with Crippen LogP contribution in [0, 0.1) is 0 Å². The van der Waals surface area contributed by atoms with Crippen molar-refractivity contribution in [3.63, 3.8) is 0 Å². The summed E-state index contributed by atoms with van der Waals surface area (Å²) in [5.41, 5.74) is 1.70. The summed E-state index contributed by atoms with van der Waals surface area (Å²) >= 11 is 1.82. The molecule has 1 amide bonds. The van der Waals surface area contributed by atoms with Crippen molar-refractivity contribution in [1.82, 2.24) is 0 Å². The highest BCUT2D eigenvalue weighted by molar-refractivity contribution is 7.99. The zero-order chi connectivity index (χ0) is 17.8. The molecule has 2 heterocycles. The number of carbonyl (C=O) groups is 1. The third-order valence-corrected chi connectivity index (χ3v) is 5.90. The highest BCUT2D eigenvalue weighted by atomic mass is 32.2. The van der Waals surface area contributed by atoms with Crippen LogP contribution in [0.1, 0.15) is 29.6 Å². The molecular formula is C21H23NO3S. The number of thioether (sulfide) groups is 1. The first-order chi connectivity index (χ1) is 12.8. The number of anilines is 1. The Kier molecular flexibility index (Phi) is 5.46. The summed E-state index contributed by atoms with van der Waals surface area (Å²) in [6.07, 6.45) is 3.36. The lowest BCUT2D eigenvalue weighted by Crippen LogP contribution is -2.31. The second-order valence-electron chi connectivity index (χ2n) is 6.60. The smallest absolute Gasteiger partial charge is 0.258 e. The van der Waals surface area contributed by atoms with Crippen LogP contribution in [0.15, 0.2) is 53.4 Å². The average Bonchev–Trinajstić information content (AvgIpc) is 3.12. The van der Waals surface area contributed by atoms with Crippen LogP contribution >= 0.6 is 11.8 Å². The van der Waals surface area contributed by atoms with Crippen LogP contribution in [0.3, 0.4) is 0 Å². The van der Waals surface area contributed by atoms with Crippen molar-refractivity contribution in [1.29, 1.82) is 0 Å². The van der Waals surface area contributed by atoms with E-state index in [0.717, 1.165) is 49.6 Å². The molecule has 0 N–H and O–H groups in total. The third-order valence-electron chi connectivity index (χ3n) is 4.75. The van der Waals surface area contributed by atoms with Gasteiger partial charge in [-0.2, -0.15) is 0 Å². The Morgan fingerprint density at radius 2 is 2.00 bits per heavy atom. The maximum Gasteiger partial charge on any atom is 0.258 e. The first-order valence-electron chi connectivity index (χ1n) is 9.19. The van der Waals surface area contributed by atoms with Crippen molar-refractivity contribution < 1.29 is 14.3 Å². The molecule has 5 heteroatoms. The Balaban J connectivity index is 1.46. The molecule has 1 fully saturated rings. The van der Waals surface area contributed by atoms with Crippen LogP contribution in [-0.2, 0) is 4.74 Å². The van der Waals surface area contributed by atoms with Crippen molar-refractivity contribution in [2.75, 3.05) is 30.4 Å². The zero-order valence-corrected chi connectivity index (χ0v) is 15.5. The minimum atomic E-state index is 0.0469. The maximum atomic E-state index is 13.0. The molecule has 26 heavy (non-hydrogen) atoms. The minimum absolute atomic E-state index is 0.0469. The SMILES string of the molecule is O=C(c1ccc(OC[C@H]2CCCO2)cc1)N1CCCSc2ccccc21. The van der Waals surface area contributed by atoms with E-state index in [1.54, 1.807) is 0 Å². The lowest BCUT2D eigenvalue weighted by Gasteiger charge is -2.22. The molecule has 4 rings (SSSR count). The zero-order valence-electron chi connectivity index (χ0n) is 14.7. The van der Waals surface area contributed by atoms with Gasteiger partial charge in [0.15, 0.2) is 0 Å². The molecule has 0 radical (unpaired) electrons. The number of amides is 1. The number of carbonyl (C=O) groups excluding carboxylic acids is 1. The van der Waals surface area contributed by atoms with Gasteiger partial charge in [-0.25, -0.2) is 0 Å². The van der Waals surface area contributed by atoms with E-state index in [1.807, 2.05) is 59.1 Å². The summed E-state index contributed by atoms with van der Waals surface area (Å²) < 4.78 is 11.4. The average molecular weight is 369 g/mol. The topological polar surface area (TPSA) is 38.8 Å². The maximum absolute atomic E-state index is 13.0. The predicted molar refractivity (Wildman–Crippen MR) is 104 cm³/mol. The molecule has 2 aliphatic heterocycles. The highest BCUT2D eigenvalue weighted by Crippen LogP contribution is 2.34. The van der Waals surface area contributed by atoms with E-state index in [4.69, 9.17) is 9.47 Å². The van der Waals surface area contributed by atoms with E-state index in [1.165, 1.54) is 4.90 Å². The summed E-state index contributed by atoms with van der Waals surface area (Å²) in [6.45, 7) is 2.15. The summed E-state index contributed by atoms with van der Waals surface area (Å²) in [5.74, 6) is 1.87. The van der Waals surface area contributed by atoms with Gasteiger partial charge in [0.1, 0.15) is 12.4 Å². The number of fused-ring (bicyclic) bond motifs is 1. The lowest BCUT2D eigenvalue weighted by atomic mass is 10.1. The highest BCUT2D eigenvalue weighted by Gasteiger charge is 2.22. The summed E-state index contributed by atoms with van der Waals surface area (Å²) in [4.78, 5) is 16.1. The van der Waals surface area contributed by atoms with Crippen molar-refractivity contribution in [2.24, 2.45) is 0 Å². The van der Waals surface area contributed by atoms with Crippen LogP contribution in [0.5, 0.6) is 5.75 Å². The fourth-order valence-electron chi connectivity index (χ4n) is 3.35. The molecule has 0 aromatic heterocycles. The molecular weight excluding hydrogens is 346 g/mol. The Labute approximate surface area is 158 Å². The Morgan fingerprint density at radius 3 is 2.81 bits per heavy atom. The van der Waals surface area contributed by atoms with Crippen molar-refractivity contribution in [3.05, 3.63) is 54.1 Å². The van der Waals surface area contributed by atoms with Gasteiger partial charge in [-0.1, -0.05) is 12.1 Å². The molecule has 2 aliphatic rings. The number of benzene rings is 2. The van der Waals surface area contributed by atoms with E-state index in [0.29, 0.717) is 12.2 Å². The Hall–Kier alpha value is -1.98. The quantitative estimate of drug-likeness (QED) is 0.801. The largest absolute Gasteiger partial charge is 0.491 e. The van der Waals surface area contributed by atoms with Crippen molar-refractivity contribution in [2.45, 2.75) is 30.3 Å². The molecule has 4 nitrogen and oxygen atoms in total.